The summed E-state index contributed by atoms with van der Waals surface area (Å²) in [7, 11) is 3.75. The standard InChI is InChI=1S/C2H7N.2CH2O3/c1-3-2;2*2-1(3)4/h3H,1-2H3;2*(H2,2,3,4). The molecular formula is C4H11NO6. The van der Waals surface area contributed by atoms with Gasteiger partial charge in [-0.05, 0) is 14.1 Å². The molecule has 68 valence electrons. The highest BCUT2D eigenvalue weighted by atomic mass is 16.6. The summed E-state index contributed by atoms with van der Waals surface area (Å²) in [6, 6.07) is 0. The molecule has 11 heavy (non-hydrogen) atoms. The highest BCUT2D eigenvalue weighted by molar-refractivity contribution is 5.53. The molecule has 0 aliphatic heterocycles. The van der Waals surface area contributed by atoms with E-state index in [1.54, 1.807) is 0 Å². The Morgan fingerprint density at radius 2 is 0.909 bits per heavy atom. The Morgan fingerprint density at radius 3 is 0.909 bits per heavy atom. The van der Waals surface area contributed by atoms with Gasteiger partial charge in [0, 0.05) is 0 Å². The molecule has 0 radical (unpaired) electrons. The van der Waals surface area contributed by atoms with E-state index in [0.717, 1.165) is 0 Å². The maximum Gasteiger partial charge on any atom is 0.503 e. The Kier molecular flexibility index (Phi) is 23.3. The second-order valence-electron chi connectivity index (χ2n) is 1.07. The number of nitrogens with one attached hydrogen (secondary N) is 1. The lowest BCUT2D eigenvalue weighted by Gasteiger charge is -1.60. The third kappa shape index (κ3) is 160. The molecule has 0 aromatic heterocycles. The summed E-state index contributed by atoms with van der Waals surface area (Å²) in [6.07, 6.45) is -3.67. The first-order valence-electron chi connectivity index (χ1n) is 2.30. The average Bonchev–Trinajstić information content (AvgIpc) is 1.60. The Bertz CT molecular complexity index is 82.8. The van der Waals surface area contributed by atoms with Gasteiger partial charge in [-0.1, -0.05) is 0 Å². The molecule has 0 atom stereocenters. The van der Waals surface area contributed by atoms with Gasteiger partial charge in [0.15, 0.2) is 0 Å². The summed E-state index contributed by atoms with van der Waals surface area (Å²) in [4.78, 5) is 17.1. The Labute approximate surface area is 62.9 Å². The SMILES string of the molecule is CNC.O=C(O)O.O=C(O)O. The van der Waals surface area contributed by atoms with Gasteiger partial charge in [0.1, 0.15) is 0 Å². The lowest BCUT2D eigenvalue weighted by molar-refractivity contribution is 0.135. The van der Waals surface area contributed by atoms with Gasteiger partial charge < -0.3 is 25.7 Å². The molecule has 0 aromatic carbocycles. The molecule has 0 aromatic rings. The predicted molar refractivity (Wildman–Crippen MR) is 36.3 cm³/mol. The minimum Gasteiger partial charge on any atom is -0.450 e. The smallest absolute Gasteiger partial charge is 0.450 e. The van der Waals surface area contributed by atoms with Crippen molar-refractivity contribution in [1.82, 2.24) is 5.32 Å². The molecule has 0 amide bonds. The van der Waals surface area contributed by atoms with Crippen molar-refractivity contribution in [3.63, 3.8) is 0 Å². The van der Waals surface area contributed by atoms with Crippen LogP contribution in [0.5, 0.6) is 0 Å². The molecule has 0 bridgehead atoms. The quantitative estimate of drug-likeness (QED) is 0.352. The van der Waals surface area contributed by atoms with E-state index in [2.05, 4.69) is 5.32 Å². The fourth-order valence-corrected chi connectivity index (χ4v) is 0. The topological polar surface area (TPSA) is 127 Å². The van der Waals surface area contributed by atoms with Gasteiger partial charge in [-0.25, -0.2) is 9.59 Å². The number of carbonyl (C=O) groups is 2. The molecular weight excluding hydrogens is 158 g/mol. The second-order valence-corrected chi connectivity index (χ2v) is 1.07. The molecule has 0 spiro atoms. The largest absolute Gasteiger partial charge is 0.503 e. The van der Waals surface area contributed by atoms with Crippen LogP contribution in [-0.2, 0) is 0 Å². The molecule has 0 saturated carbocycles. The molecule has 0 unspecified atom stereocenters. The van der Waals surface area contributed by atoms with E-state index in [9.17, 15) is 0 Å². The van der Waals surface area contributed by atoms with Crippen LogP contribution in [0.25, 0.3) is 0 Å². The first kappa shape index (κ1) is 16.2. The van der Waals surface area contributed by atoms with E-state index < -0.39 is 12.3 Å². The fraction of sp³-hybridized carbons (Fsp3) is 0.500. The van der Waals surface area contributed by atoms with Crippen molar-refractivity contribution >= 4 is 12.3 Å². The van der Waals surface area contributed by atoms with E-state index >= 15 is 0 Å². The zero-order chi connectivity index (χ0) is 9.86. The van der Waals surface area contributed by atoms with Crippen molar-refractivity contribution in [3.8, 4) is 0 Å². The lowest BCUT2D eigenvalue weighted by Crippen LogP contribution is -1.89. The van der Waals surface area contributed by atoms with Crippen LogP contribution in [0.1, 0.15) is 0 Å². The van der Waals surface area contributed by atoms with Crippen molar-refractivity contribution in [2.45, 2.75) is 0 Å². The van der Waals surface area contributed by atoms with Crippen molar-refractivity contribution in [1.29, 1.82) is 0 Å². The van der Waals surface area contributed by atoms with Gasteiger partial charge in [0.2, 0.25) is 0 Å². The van der Waals surface area contributed by atoms with E-state index in [1.807, 2.05) is 14.1 Å². The highest BCUT2D eigenvalue weighted by Crippen LogP contribution is 1.43. The zero-order valence-corrected chi connectivity index (χ0v) is 6.11. The molecule has 5 N–H and O–H groups in total. The van der Waals surface area contributed by atoms with Crippen LogP contribution in [0.4, 0.5) is 9.59 Å². The molecule has 0 rings (SSSR count). The third-order valence-electron chi connectivity index (χ3n) is 0. The summed E-state index contributed by atoms with van der Waals surface area (Å²) in [5.74, 6) is 0. The number of hydrogen-bond donors (Lipinski definition) is 5. The Morgan fingerprint density at radius 1 is 0.909 bits per heavy atom. The predicted octanol–water partition coefficient (Wildman–Crippen LogP) is 0.280. The maximum absolute atomic E-state index is 8.56. The van der Waals surface area contributed by atoms with Gasteiger partial charge >= 0.3 is 12.3 Å². The van der Waals surface area contributed by atoms with Crippen molar-refractivity contribution in [2.24, 2.45) is 0 Å². The second kappa shape index (κ2) is 15.8. The van der Waals surface area contributed by atoms with Crippen LogP contribution in [-0.4, -0.2) is 46.8 Å². The first-order valence-corrected chi connectivity index (χ1v) is 2.30. The van der Waals surface area contributed by atoms with Crippen LogP contribution < -0.4 is 5.32 Å². The first-order chi connectivity index (χ1) is 4.88. The van der Waals surface area contributed by atoms with Crippen LogP contribution in [0.3, 0.4) is 0 Å². The minimum atomic E-state index is -1.83. The van der Waals surface area contributed by atoms with E-state index in [1.165, 1.54) is 0 Å². The molecule has 0 aliphatic rings. The van der Waals surface area contributed by atoms with Crippen molar-refractivity contribution < 1.29 is 30.0 Å². The van der Waals surface area contributed by atoms with Gasteiger partial charge in [0.25, 0.3) is 0 Å². The van der Waals surface area contributed by atoms with Crippen molar-refractivity contribution in [2.75, 3.05) is 14.1 Å². The number of carboxylic acid groups (broad SMARTS) is 4. The van der Waals surface area contributed by atoms with Gasteiger partial charge in [-0.3, -0.25) is 0 Å². The molecule has 7 nitrogen and oxygen atoms in total. The number of rotatable bonds is 0. The molecule has 0 aliphatic carbocycles. The minimum absolute atomic E-state index is 1.83. The molecule has 7 heteroatoms. The van der Waals surface area contributed by atoms with Crippen LogP contribution in [0.15, 0.2) is 0 Å². The summed E-state index contributed by atoms with van der Waals surface area (Å²) in [5, 5.41) is 30.6. The van der Waals surface area contributed by atoms with E-state index in [-0.39, 0.29) is 0 Å². The lowest BCUT2D eigenvalue weighted by atomic mass is 11.3. The fourth-order valence-electron chi connectivity index (χ4n) is 0. The normalized spacial score (nSPS) is 6.00. The van der Waals surface area contributed by atoms with Crippen LogP contribution >= 0.6 is 0 Å². The van der Waals surface area contributed by atoms with Crippen LogP contribution in [0, 0.1) is 0 Å². The Balaban J connectivity index is -0.0000000886. The molecule has 0 saturated heterocycles. The summed E-state index contributed by atoms with van der Waals surface area (Å²) < 4.78 is 0. The van der Waals surface area contributed by atoms with E-state index in [0.29, 0.717) is 0 Å². The zero-order valence-electron chi connectivity index (χ0n) is 6.11. The summed E-state index contributed by atoms with van der Waals surface area (Å²) in [5.41, 5.74) is 0. The molecule has 0 heterocycles. The van der Waals surface area contributed by atoms with Crippen molar-refractivity contribution in [3.05, 3.63) is 0 Å². The van der Waals surface area contributed by atoms with Gasteiger partial charge in [-0.15, -0.1) is 0 Å². The molecule has 0 fully saturated rings. The van der Waals surface area contributed by atoms with Gasteiger partial charge in [0.05, 0.1) is 0 Å². The number of hydrogen-bond acceptors (Lipinski definition) is 3. The monoisotopic (exact) mass is 169 g/mol. The third-order valence-corrected chi connectivity index (χ3v) is 0. The van der Waals surface area contributed by atoms with Crippen LogP contribution in [0.2, 0.25) is 0 Å². The summed E-state index contributed by atoms with van der Waals surface area (Å²) >= 11 is 0. The Hall–Kier alpha value is -1.50. The van der Waals surface area contributed by atoms with E-state index in [4.69, 9.17) is 30.0 Å². The average molecular weight is 169 g/mol. The maximum atomic E-state index is 8.56. The van der Waals surface area contributed by atoms with Gasteiger partial charge in [-0.2, -0.15) is 0 Å². The highest BCUT2D eigenvalue weighted by Gasteiger charge is 1.70. The summed E-state index contributed by atoms with van der Waals surface area (Å²) in [6.45, 7) is 0.